The molecule has 2 aromatic rings. The molecule has 1 aromatic carbocycles. The number of aryl methyl sites for hydroxylation is 2. The van der Waals surface area contributed by atoms with Gasteiger partial charge in [-0.3, -0.25) is 0 Å². The maximum atomic E-state index is 13.1. The molecule has 0 unspecified atom stereocenters. The molecule has 0 aliphatic heterocycles. The number of aromatic nitrogens is 2. The molecule has 0 fully saturated rings. The highest BCUT2D eigenvalue weighted by Gasteiger charge is 2.07. The van der Waals surface area contributed by atoms with Crippen molar-refractivity contribution in [3.63, 3.8) is 0 Å². The van der Waals surface area contributed by atoms with Crippen molar-refractivity contribution < 1.29 is 4.39 Å². The zero-order chi connectivity index (χ0) is 11.7. The molecule has 0 spiro atoms. The van der Waals surface area contributed by atoms with E-state index in [2.05, 4.69) is 9.97 Å². The van der Waals surface area contributed by atoms with Crippen LogP contribution in [-0.4, -0.2) is 9.97 Å². The predicted octanol–water partition coefficient (Wildman–Crippen LogP) is 3.55. The van der Waals surface area contributed by atoms with E-state index in [9.17, 15) is 4.39 Å². The van der Waals surface area contributed by atoms with E-state index in [1.54, 1.807) is 25.3 Å². The third kappa shape index (κ3) is 2.04. The minimum absolute atomic E-state index is 0.197. The fraction of sp³-hybridized carbons (Fsp3) is 0.167. The Morgan fingerprint density at radius 1 is 1.19 bits per heavy atom. The van der Waals surface area contributed by atoms with Gasteiger partial charge in [-0.15, -0.1) is 0 Å². The predicted molar refractivity (Wildman–Crippen MR) is 61.9 cm³/mol. The molecule has 0 N–H and O–H groups in total. The minimum Gasteiger partial charge on any atom is -0.226 e. The van der Waals surface area contributed by atoms with Gasteiger partial charge in [-0.2, -0.15) is 0 Å². The molecule has 0 aliphatic rings. The molecule has 1 heterocycles. The number of benzene rings is 1. The molecular weight excluding hydrogens is 227 g/mol. The third-order valence-electron chi connectivity index (χ3n) is 2.37. The van der Waals surface area contributed by atoms with Gasteiger partial charge in [0, 0.05) is 11.8 Å². The number of halogens is 2. The van der Waals surface area contributed by atoms with Crippen molar-refractivity contribution in [2.75, 3.05) is 0 Å². The molecule has 0 aliphatic carbocycles. The fourth-order valence-electron chi connectivity index (χ4n) is 1.50. The highest BCUT2D eigenvalue weighted by Crippen LogP contribution is 2.23. The highest BCUT2D eigenvalue weighted by atomic mass is 35.5. The Balaban J connectivity index is 2.58. The Kier molecular flexibility index (Phi) is 2.88. The lowest BCUT2D eigenvalue weighted by atomic mass is 10.1. The summed E-state index contributed by atoms with van der Waals surface area (Å²) in [6.45, 7) is 3.61. The van der Waals surface area contributed by atoms with Crippen molar-refractivity contribution >= 4 is 11.6 Å². The van der Waals surface area contributed by atoms with E-state index in [4.69, 9.17) is 11.6 Å². The SMILES string of the molecule is Cc1cc(-c2nc(Cl)ncc2C)ccc1F. The molecule has 82 valence electrons. The summed E-state index contributed by atoms with van der Waals surface area (Å²) in [5.74, 6) is -0.221. The Morgan fingerprint density at radius 2 is 1.94 bits per heavy atom. The van der Waals surface area contributed by atoms with Crippen molar-refractivity contribution in [1.29, 1.82) is 0 Å². The maximum absolute atomic E-state index is 13.1. The average molecular weight is 237 g/mol. The summed E-state index contributed by atoms with van der Waals surface area (Å²) in [6, 6.07) is 4.87. The second-order valence-electron chi connectivity index (χ2n) is 3.63. The molecule has 1 aromatic heterocycles. The highest BCUT2D eigenvalue weighted by molar-refractivity contribution is 6.28. The van der Waals surface area contributed by atoms with E-state index in [0.29, 0.717) is 5.56 Å². The van der Waals surface area contributed by atoms with Crippen LogP contribution in [0, 0.1) is 19.7 Å². The number of nitrogens with zero attached hydrogens (tertiary/aromatic N) is 2. The average Bonchev–Trinajstić information content (AvgIpc) is 2.26. The lowest BCUT2D eigenvalue weighted by Gasteiger charge is -2.06. The summed E-state index contributed by atoms with van der Waals surface area (Å²) in [5.41, 5.74) is 3.09. The van der Waals surface area contributed by atoms with Crippen molar-refractivity contribution in [2.45, 2.75) is 13.8 Å². The summed E-state index contributed by atoms with van der Waals surface area (Å²) >= 11 is 5.74. The molecule has 16 heavy (non-hydrogen) atoms. The van der Waals surface area contributed by atoms with Crippen LogP contribution >= 0.6 is 11.6 Å². The second kappa shape index (κ2) is 4.18. The Hall–Kier alpha value is -1.48. The van der Waals surface area contributed by atoms with Crippen molar-refractivity contribution in [3.05, 3.63) is 46.6 Å². The van der Waals surface area contributed by atoms with Crippen LogP contribution < -0.4 is 0 Å². The van der Waals surface area contributed by atoms with Gasteiger partial charge in [0.15, 0.2) is 0 Å². The first-order valence-electron chi connectivity index (χ1n) is 4.83. The van der Waals surface area contributed by atoms with Gasteiger partial charge in [0.1, 0.15) is 5.82 Å². The van der Waals surface area contributed by atoms with Gasteiger partial charge in [0.05, 0.1) is 5.69 Å². The van der Waals surface area contributed by atoms with Crippen LogP contribution in [0.25, 0.3) is 11.3 Å². The van der Waals surface area contributed by atoms with Gasteiger partial charge in [0.2, 0.25) is 5.28 Å². The number of hydrogen-bond donors (Lipinski definition) is 0. The van der Waals surface area contributed by atoms with E-state index in [1.807, 2.05) is 6.92 Å². The summed E-state index contributed by atoms with van der Waals surface area (Å²) in [7, 11) is 0. The molecule has 2 nitrogen and oxygen atoms in total. The zero-order valence-electron chi connectivity index (χ0n) is 8.96. The maximum Gasteiger partial charge on any atom is 0.222 e. The van der Waals surface area contributed by atoms with Crippen LogP contribution in [0.1, 0.15) is 11.1 Å². The van der Waals surface area contributed by atoms with E-state index < -0.39 is 0 Å². The topological polar surface area (TPSA) is 25.8 Å². The van der Waals surface area contributed by atoms with E-state index >= 15 is 0 Å². The first-order chi connectivity index (χ1) is 7.58. The van der Waals surface area contributed by atoms with Crippen LogP contribution in [0.3, 0.4) is 0 Å². The lowest BCUT2D eigenvalue weighted by molar-refractivity contribution is 0.618. The van der Waals surface area contributed by atoms with Gasteiger partial charge in [-0.05, 0) is 54.8 Å². The Morgan fingerprint density at radius 3 is 2.62 bits per heavy atom. The first kappa shape index (κ1) is 11.0. The van der Waals surface area contributed by atoms with Gasteiger partial charge >= 0.3 is 0 Å². The summed E-state index contributed by atoms with van der Waals surface area (Å²) in [5, 5.41) is 0.197. The van der Waals surface area contributed by atoms with Crippen molar-refractivity contribution in [3.8, 4) is 11.3 Å². The largest absolute Gasteiger partial charge is 0.226 e. The molecule has 0 bridgehead atoms. The normalized spacial score (nSPS) is 10.5. The number of hydrogen-bond acceptors (Lipinski definition) is 2. The van der Waals surface area contributed by atoms with Crippen LogP contribution in [-0.2, 0) is 0 Å². The van der Waals surface area contributed by atoms with E-state index in [0.717, 1.165) is 16.8 Å². The quantitative estimate of drug-likeness (QED) is 0.708. The van der Waals surface area contributed by atoms with Crippen LogP contribution in [0.5, 0.6) is 0 Å². The zero-order valence-corrected chi connectivity index (χ0v) is 9.72. The Labute approximate surface area is 98.1 Å². The molecule has 2 rings (SSSR count). The number of rotatable bonds is 1. The van der Waals surface area contributed by atoms with Crippen LogP contribution in [0.2, 0.25) is 5.28 Å². The smallest absolute Gasteiger partial charge is 0.222 e. The fourth-order valence-corrected chi connectivity index (χ4v) is 1.64. The van der Waals surface area contributed by atoms with Crippen LogP contribution in [0.4, 0.5) is 4.39 Å². The monoisotopic (exact) mass is 236 g/mol. The molecule has 0 atom stereocenters. The summed E-state index contributed by atoms with van der Waals surface area (Å²) < 4.78 is 13.1. The molecule has 0 saturated heterocycles. The molecule has 0 amide bonds. The standard InChI is InChI=1S/C12H10ClFN2/c1-7-5-9(3-4-10(7)14)11-8(2)6-15-12(13)16-11/h3-6H,1-2H3. The van der Waals surface area contributed by atoms with Crippen molar-refractivity contribution in [1.82, 2.24) is 9.97 Å². The molecule has 0 radical (unpaired) electrons. The lowest BCUT2D eigenvalue weighted by Crippen LogP contribution is -1.93. The first-order valence-corrected chi connectivity index (χ1v) is 5.21. The van der Waals surface area contributed by atoms with Gasteiger partial charge in [-0.1, -0.05) is 0 Å². The summed E-state index contributed by atoms with van der Waals surface area (Å²) in [6.07, 6.45) is 1.66. The molecular formula is C12H10ClFN2. The second-order valence-corrected chi connectivity index (χ2v) is 3.97. The summed E-state index contributed by atoms with van der Waals surface area (Å²) in [4.78, 5) is 8.03. The Bertz CT molecular complexity index is 541. The third-order valence-corrected chi connectivity index (χ3v) is 2.56. The molecule has 4 heteroatoms. The van der Waals surface area contributed by atoms with Gasteiger partial charge in [-0.25, -0.2) is 14.4 Å². The van der Waals surface area contributed by atoms with Gasteiger partial charge < -0.3 is 0 Å². The van der Waals surface area contributed by atoms with Gasteiger partial charge in [0.25, 0.3) is 0 Å². The minimum atomic E-state index is -0.221. The van der Waals surface area contributed by atoms with Crippen molar-refractivity contribution in [2.24, 2.45) is 0 Å². The van der Waals surface area contributed by atoms with Crippen LogP contribution in [0.15, 0.2) is 24.4 Å². The van der Waals surface area contributed by atoms with E-state index in [-0.39, 0.29) is 11.1 Å². The molecule has 0 saturated carbocycles. The van der Waals surface area contributed by atoms with E-state index in [1.165, 1.54) is 6.07 Å².